The number of halogens is 1. The predicted molar refractivity (Wildman–Crippen MR) is 104 cm³/mol. The molecule has 1 fully saturated rings. The van der Waals surface area contributed by atoms with Gasteiger partial charge in [-0.25, -0.2) is 12.8 Å². The highest BCUT2D eigenvalue weighted by atomic mass is 32.2. The molecule has 0 saturated carbocycles. The van der Waals surface area contributed by atoms with E-state index in [-0.39, 0.29) is 24.6 Å². The number of carbonyl (C=O) groups excluding carboxylic acids is 2. The van der Waals surface area contributed by atoms with Gasteiger partial charge in [0, 0.05) is 19.6 Å². The number of ether oxygens (including phenoxy) is 1. The number of carbonyl (C=O) groups is 2. The standard InChI is InChI=1S/C18H27FN4O5S/c1-3-22(4-2)10-9-20-17(24)18(25)21-13-16-23(11-12-28-16)29(26,27)15-7-5-14(19)6-8-15/h5-8,16H,3-4,9-13H2,1-2H3,(H,20,24)(H,21,25)/t16-/m1/s1. The van der Waals surface area contributed by atoms with Crippen LogP contribution in [0, 0.1) is 5.82 Å². The lowest BCUT2D eigenvalue weighted by molar-refractivity contribution is -0.139. The van der Waals surface area contributed by atoms with Crippen molar-refractivity contribution < 1.29 is 27.1 Å². The Morgan fingerprint density at radius 1 is 1.17 bits per heavy atom. The number of amides is 2. The second-order valence-corrected chi connectivity index (χ2v) is 8.28. The first kappa shape index (κ1) is 23.2. The van der Waals surface area contributed by atoms with Crippen molar-refractivity contribution in [3.63, 3.8) is 0 Å². The molecule has 162 valence electrons. The van der Waals surface area contributed by atoms with Gasteiger partial charge in [0.15, 0.2) is 0 Å². The van der Waals surface area contributed by atoms with E-state index in [2.05, 4.69) is 15.5 Å². The van der Waals surface area contributed by atoms with Gasteiger partial charge in [-0.3, -0.25) is 9.59 Å². The summed E-state index contributed by atoms with van der Waals surface area (Å²) >= 11 is 0. The van der Waals surface area contributed by atoms with Gasteiger partial charge in [0.05, 0.1) is 18.0 Å². The third kappa shape index (κ3) is 6.20. The number of hydrogen-bond donors (Lipinski definition) is 2. The molecule has 1 aliphatic heterocycles. The van der Waals surface area contributed by atoms with E-state index in [1.807, 2.05) is 13.8 Å². The first-order chi connectivity index (χ1) is 13.8. The fraction of sp³-hybridized carbons (Fsp3) is 0.556. The molecule has 0 bridgehead atoms. The van der Waals surface area contributed by atoms with Crippen molar-refractivity contribution in [2.45, 2.75) is 25.0 Å². The van der Waals surface area contributed by atoms with Crippen LogP contribution in [0.2, 0.25) is 0 Å². The first-order valence-electron chi connectivity index (χ1n) is 9.47. The monoisotopic (exact) mass is 430 g/mol. The van der Waals surface area contributed by atoms with E-state index < -0.39 is 33.9 Å². The van der Waals surface area contributed by atoms with E-state index in [1.165, 1.54) is 12.1 Å². The molecule has 29 heavy (non-hydrogen) atoms. The number of hydrogen-bond acceptors (Lipinski definition) is 6. The Balaban J connectivity index is 1.88. The van der Waals surface area contributed by atoms with Gasteiger partial charge in [0.25, 0.3) is 0 Å². The van der Waals surface area contributed by atoms with Gasteiger partial charge in [0.1, 0.15) is 12.0 Å². The van der Waals surface area contributed by atoms with Crippen molar-refractivity contribution in [2.24, 2.45) is 0 Å². The summed E-state index contributed by atoms with van der Waals surface area (Å²) in [4.78, 5) is 25.9. The van der Waals surface area contributed by atoms with Crippen LogP contribution in [-0.4, -0.2) is 81.5 Å². The Bertz CT molecular complexity index is 799. The van der Waals surface area contributed by atoms with E-state index in [0.29, 0.717) is 13.1 Å². The van der Waals surface area contributed by atoms with E-state index in [0.717, 1.165) is 29.5 Å². The number of nitrogens with zero attached hydrogens (tertiary/aromatic N) is 2. The number of rotatable bonds is 9. The maximum absolute atomic E-state index is 13.1. The lowest BCUT2D eigenvalue weighted by atomic mass is 10.4. The minimum absolute atomic E-state index is 0.0742. The molecule has 2 amide bonds. The molecular weight excluding hydrogens is 403 g/mol. The van der Waals surface area contributed by atoms with Gasteiger partial charge >= 0.3 is 11.8 Å². The highest BCUT2D eigenvalue weighted by Gasteiger charge is 2.36. The molecule has 1 aromatic carbocycles. The van der Waals surface area contributed by atoms with Gasteiger partial charge in [-0.2, -0.15) is 4.31 Å². The van der Waals surface area contributed by atoms with Crippen LogP contribution in [0.15, 0.2) is 29.2 Å². The molecule has 9 nitrogen and oxygen atoms in total. The summed E-state index contributed by atoms with van der Waals surface area (Å²) in [5.74, 6) is -2.19. The molecule has 11 heteroatoms. The van der Waals surface area contributed by atoms with Gasteiger partial charge in [-0.05, 0) is 37.4 Å². The fourth-order valence-electron chi connectivity index (χ4n) is 2.89. The quantitative estimate of drug-likeness (QED) is 0.523. The SMILES string of the molecule is CCN(CC)CCNC(=O)C(=O)NC[C@H]1OCCN1S(=O)(=O)c1ccc(F)cc1. The highest BCUT2D eigenvalue weighted by Crippen LogP contribution is 2.22. The molecule has 0 radical (unpaired) electrons. The maximum Gasteiger partial charge on any atom is 0.309 e. The number of likely N-dealkylation sites (N-methyl/N-ethyl adjacent to an activating group) is 1. The van der Waals surface area contributed by atoms with E-state index in [1.54, 1.807) is 0 Å². The minimum Gasteiger partial charge on any atom is -0.359 e. The molecule has 1 heterocycles. The molecule has 0 unspecified atom stereocenters. The molecule has 0 aliphatic carbocycles. The van der Waals surface area contributed by atoms with Gasteiger partial charge in [-0.1, -0.05) is 13.8 Å². The van der Waals surface area contributed by atoms with E-state index >= 15 is 0 Å². The van der Waals surface area contributed by atoms with Crippen molar-refractivity contribution in [1.29, 1.82) is 0 Å². The zero-order valence-corrected chi connectivity index (χ0v) is 17.4. The number of benzene rings is 1. The summed E-state index contributed by atoms with van der Waals surface area (Å²) in [7, 11) is -3.92. The Morgan fingerprint density at radius 3 is 2.41 bits per heavy atom. The summed E-state index contributed by atoms with van der Waals surface area (Å²) in [5.41, 5.74) is 0. The Kier molecular flexibility index (Phi) is 8.50. The summed E-state index contributed by atoms with van der Waals surface area (Å²) in [6, 6.07) is 4.45. The van der Waals surface area contributed by atoms with E-state index in [9.17, 15) is 22.4 Å². The van der Waals surface area contributed by atoms with Crippen LogP contribution >= 0.6 is 0 Å². The summed E-state index contributed by atoms with van der Waals surface area (Å²) in [6.45, 7) is 6.72. The van der Waals surface area contributed by atoms with Crippen LogP contribution in [0.1, 0.15) is 13.8 Å². The Labute approximate surface area is 170 Å². The van der Waals surface area contributed by atoms with Crippen molar-refractivity contribution in [2.75, 3.05) is 45.9 Å². The third-order valence-corrected chi connectivity index (χ3v) is 6.52. The normalized spacial score (nSPS) is 17.4. The van der Waals surface area contributed by atoms with Crippen LogP contribution in [0.5, 0.6) is 0 Å². The lowest BCUT2D eigenvalue weighted by Gasteiger charge is -2.23. The molecule has 1 aromatic rings. The van der Waals surface area contributed by atoms with Crippen molar-refractivity contribution in [3.8, 4) is 0 Å². The van der Waals surface area contributed by atoms with Gasteiger partial charge in [-0.15, -0.1) is 0 Å². The van der Waals surface area contributed by atoms with E-state index in [4.69, 9.17) is 4.74 Å². The molecule has 1 saturated heterocycles. The van der Waals surface area contributed by atoms with Crippen LogP contribution < -0.4 is 10.6 Å². The summed E-state index contributed by atoms with van der Waals surface area (Å²) in [6.07, 6.45) is -0.947. The average molecular weight is 431 g/mol. The van der Waals surface area contributed by atoms with Crippen molar-refractivity contribution in [1.82, 2.24) is 19.8 Å². The minimum atomic E-state index is -3.92. The lowest BCUT2D eigenvalue weighted by Crippen LogP contribution is -2.48. The highest BCUT2D eigenvalue weighted by molar-refractivity contribution is 7.89. The summed E-state index contributed by atoms with van der Waals surface area (Å²) in [5, 5.41) is 4.93. The number of sulfonamides is 1. The van der Waals surface area contributed by atoms with Crippen LogP contribution in [0.25, 0.3) is 0 Å². The molecule has 1 atom stereocenters. The topological polar surface area (TPSA) is 108 Å². The predicted octanol–water partition coefficient (Wildman–Crippen LogP) is -0.253. The smallest absolute Gasteiger partial charge is 0.309 e. The zero-order valence-electron chi connectivity index (χ0n) is 16.6. The first-order valence-corrected chi connectivity index (χ1v) is 10.9. The molecule has 2 rings (SSSR count). The molecular formula is C18H27FN4O5S. The molecule has 1 aliphatic rings. The second kappa shape index (κ2) is 10.6. The largest absolute Gasteiger partial charge is 0.359 e. The van der Waals surface area contributed by atoms with Crippen LogP contribution in [-0.2, 0) is 24.3 Å². The van der Waals surface area contributed by atoms with Gasteiger partial charge in [0.2, 0.25) is 10.0 Å². The Morgan fingerprint density at radius 2 is 1.79 bits per heavy atom. The van der Waals surface area contributed by atoms with Gasteiger partial charge < -0.3 is 20.3 Å². The van der Waals surface area contributed by atoms with Crippen LogP contribution in [0.4, 0.5) is 4.39 Å². The van der Waals surface area contributed by atoms with Crippen LogP contribution in [0.3, 0.4) is 0 Å². The third-order valence-electron chi connectivity index (χ3n) is 4.61. The fourth-order valence-corrected chi connectivity index (χ4v) is 4.40. The van der Waals surface area contributed by atoms with Crippen molar-refractivity contribution >= 4 is 21.8 Å². The van der Waals surface area contributed by atoms with Crippen molar-refractivity contribution in [3.05, 3.63) is 30.1 Å². The number of nitrogens with one attached hydrogen (secondary N) is 2. The molecule has 0 aromatic heterocycles. The molecule has 2 N–H and O–H groups in total. The average Bonchev–Trinajstić information content (AvgIpc) is 3.19. The summed E-state index contributed by atoms with van der Waals surface area (Å²) < 4.78 is 45.0. The molecule has 0 spiro atoms. The maximum atomic E-state index is 13.1. The Hall–Kier alpha value is -2.08. The second-order valence-electron chi connectivity index (χ2n) is 6.39. The zero-order chi connectivity index (χ0) is 21.4.